The van der Waals surface area contributed by atoms with Gasteiger partial charge in [0, 0.05) is 24.7 Å². The van der Waals surface area contributed by atoms with Crippen molar-refractivity contribution < 1.29 is 9.84 Å². The highest BCUT2D eigenvalue weighted by Gasteiger charge is 2.33. The molecule has 0 saturated carbocycles. The van der Waals surface area contributed by atoms with Crippen LogP contribution in [0.4, 0.5) is 5.69 Å². The number of ether oxygens (including phenoxy) is 1. The van der Waals surface area contributed by atoms with Gasteiger partial charge in [-0.05, 0) is 61.2 Å². The summed E-state index contributed by atoms with van der Waals surface area (Å²) in [6.45, 7) is 6.19. The molecule has 1 heterocycles. The van der Waals surface area contributed by atoms with E-state index in [1.54, 1.807) is 0 Å². The van der Waals surface area contributed by atoms with Crippen LogP contribution >= 0.6 is 0 Å². The smallest absolute Gasteiger partial charge is 0.126 e. The average Bonchev–Trinajstić information content (AvgIpc) is 2.53. The molecule has 0 saturated heterocycles. The molecular weight excluding hydrogens is 286 g/mol. The van der Waals surface area contributed by atoms with Crippen molar-refractivity contribution in [1.29, 1.82) is 0 Å². The third-order valence-corrected chi connectivity index (χ3v) is 4.53. The van der Waals surface area contributed by atoms with Gasteiger partial charge in [0.2, 0.25) is 0 Å². The normalized spacial score (nSPS) is 18.9. The van der Waals surface area contributed by atoms with Gasteiger partial charge in [-0.25, -0.2) is 0 Å². The summed E-state index contributed by atoms with van der Waals surface area (Å²) >= 11 is 0. The van der Waals surface area contributed by atoms with Crippen LogP contribution in [0.2, 0.25) is 0 Å². The molecule has 0 aliphatic carbocycles. The largest absolute Gasteiger partial charge is 0.487 e. The summed E-state index contributed by atoms with van der Waals surface area (Å²) in [5.41, 5.74) is 5.26. The lowest BCUT2D eigenvalue weighted by Crippen LogP contribution is -2.34. The summed E-state index contributed by atoms with van der Waals surface area (Å²) in [5, 5.41) is 13.6. The van der Waals surface area contributed by atoms with Crippen molar-refractivity contribution in [3.63, 3.8) is 0 Å². The zero-order chi connectivity index (χ0) is 16.6. The average molecular weight is 311 g/mol. The van der Waals surface area contributed by atoms with E-state index in [4.69, 9.17) is 4.74 Å². The van der Waals surface area contributed by atoms with E-state index < -0.39 is 6.10 Å². The second kappa shape index (κ2) is 5.89. The molecule has 1 aliphatic heterocycles. The van der Waals surface area contributed by atoms with Crippen molar-refractivity contribution in [3.05, 3.63) is 47.5 Å². The van der Waals surface area contributed by atoms with Crippen LogP contribution < -0.4 is 10.1 Å². The van der Waals surface area contributed by atoms with E-state index in [1.807, 2.05) is 20.9 Å². The third kappa shape index (κ3) is 3.06. The van der Waals surface area contributed by atoms with Crippen LogP contribution in [0.15, 0.2) is 36.4 Å². The lowest BCUT2D eigenvalue weighted by atomic mass is 9.87. The van der Waals surface area contributed by atoms with Crippen LogP contribution in [-0.2, 0) is 6.42 Å². The van der Waals surface area contributed by atoms with E-state index in [1.165, 1.54) is 16.7 Å². The fourth-order valence-corrected chi connectivity index (χ4v) is 3.29. The molecule has 1 unspecified atom stereocenters. The van der Waals surface area contributed by atoms with Gasteiger partial charge in [0.25, 0.3) is 0 Å². The molecule has 0 fully saturated rings. The van der Waals surface area contributed by atoms with E-state index >= 15 is 0 Å². The Kier molecular flexibility index (Phi) is 4.07. The van der Waals surface area contributed by atoms with Crippen molar-refractivity contribution >= 4 is 5.69 Å². The standard InChI is InChI=1S/C20H25NO2/c1-5-13-10-17-18(22)12-20(2,3)23-19(17)11-16(13)14-6-8-15(21-4)9-7-14/h6-11,18,21-22H,5,12H2,1-4H3. The highest BCUT2D eigenvalue weighted by molar-refractivity contribution is 5.72. The molecule has 0 spiro atoms. The molecule has 3 nitrogen and oxygen atoms in total. The first-order valence-electron chi connectivity index (χ1n) is 8.25. The first kappa shape index (κ1) is 15.9. The number of rotatable bonds is 3. The summed E-state index contributed by atoms with van der Waals surface area (Å²) in [4.78, 5) is 0. The van der Waals surface area contributed by atoms with Crippen LogP contribution in [-0.4, -0.2) is 17.8 Å². The molecule has 1 atom stereocenters. The zero-order valence-electron chi connectivity index (χ0n) is 14.3. The van der Waals surface area contributed by atoms with Gasteiger partial charge in [-0.1, -0.05) is 19.1 Å². The second-order valence-corrected chi connectivity index (χ2v) is 6.81. The molecular formula is C20H25NO2. The van der Waals surface area contributed by atoms with E-state index in [2.05, 4.69) is 48.6 Å². The Morgan fingerprint density at radius 3 is 2.52 bits per heavy atom. The molecule has 1 aliphatic rings. The summed E-state index contributed by atoms with van der Waals surface area (Å²) in [6, 6.07) is 12.6. The van der Waals surface area contributed by atoms with Crippen LogP contribution in [0.5, 0.6) is 5.75 Å². The predicted octanol–water partition coefficient (Wildman–Crippen LogP) is 4.55. The van der Waals surface area contributed by atoms with E-state index in [0.29, 0.717) is 6.42 Å². The van der Waals surface area contributed by atoms with Gasteiger partial charge in [-0.2, -0.15) is 0 Å². The van der Waals surface area contributed by atoms with Crippen LogP contribution in [0.3, 0.4) is 0 Å². The van der Waals surface area contributed by atoms with Gasteiger partial charge in [0.15, 0.2) is 0 Å². The number of nitrogens with one attached hydrogen (secondary N) is 1. The van der Waals surface area contributed by atoms with Gasteiger partial charge in [0.1, 0.15) is 11.4 Å². The van der Waals surface area contributed by atoms with Gasteiger partial charge in [0.05, 0.1) is 6.10 Å². The van der Waals surface area contributed by atoms with Gasteiger partial charge >= 0.3 is 0 Å². The number of aliphatic hydroxyl groups is 1. The fraction of sp³-hybridized carbons (Fsp3) is 0.400. The molecule has 2 N–H and O–H groups in total. The molecule has 3 rings (SSSR count). The minimum absolute atomic E-state index is 0.340. The van der Waals surface area contributed by atoms with E-state index in [9.17, 15) is 5.11 Å². The lowest BCUT2D eigenvalue weighted by Gasteiger charge is -2.36. The highest BCUT2D eigenvalue weighted by Crippen LogP contribution is 2.43. The van der Waals surface area contributed by atoms with E-state index in [0.717, 1.165) is 23.4 Å². The Morgan fingerprint density at radius 2 is 1.91 bits per heavy atom. The van der Waals surface area contributed by atoms with Crippen molar-refractivity contribution in [2.45, 2.75) is 45.3 Å². The Bertz CT molecular complexity index is 704. The minimum atomic E-state index is -0.459. The molecule has 0 aromatic heterocycles. The number of fused-ring (bicyclic) bond motifs is 1. The first-order valence-corrected chi connectivity index (χ1v) is 8.25. The van der Waals surface area contributed by atoms with Crippen LogP contribution in [0, 0.1) is 0 Å². The van der Waals surface area contributed by atoms with Crippen molar-refractivity contribution in [2.24, 2.45) is 0 Å². The summed E-state index contributed by atoms with van der Waals surface area (Å²) < 4.78 is 6.12. The molecule has 0 amide bonds. The van der Waals surface area contributed by atoms with Crippen molar-refractivity contribution in [1.82, 2.24) is 0 Å². The topological polar surface area (TPSA) is 41.5 Å². The van der Waals surface area contributed by atoms with Crippen molar-refractivity contribution in [3.8, 4) is 16.9 Å². The molecule has 3 heteroatoms. The second-order valence-electron chi connectivity index (χ2n) is 6.81. The Balaban J connectivity index is 2.10. The third-order valence-electron chi connectivity index (χ3n) is 4.53. The number of hydrogen-bond acceptors (Lipinski definition) is 3. The quantitative estimate of drug-likeness (QED) is 0.873. The Hall–Kier alpha value is -2.00. The van der Waals surface area contributed by atoms with Crippen LogP contribution in [0.1, 0.15) is 44.4 Å². The maximum absolute atomic E-state index is 10.5. The molecule has 0 radical (unpaired) electrons. The monoisotopic (exact) mass is 311 g/mol. The maximum Gasteiger partial charge on any atom is 0.126 e. The maximum atomic E-state index is 10.5. The van der Waals surface area contributed by atoms with Crippen molar-refractivity contribution in [2.75, 3.05) is 12.4 Å². The summed E-state index contributed by atoms with van der Waals surface area (Å²) in [6.07, 6.45) is 1.09. The lowest BCUT2D eigenvalue weighted by molar-refractivity contribution is 0.0115. The molecule has 0 bridgehead atoms. The van der Waals surface area contributed by atoms with E-state index in [-0.39, 0.29) is 5.60 Å². The predicted molar refractivity (Wildman–Crippen MR) is 95.1 cm³/mol. The number of aryl methyl sites for hydroxylation is 1. The number of aliphatic hydroxyl groups excluding tert-OH is 1. The molecule has 2 aromatic rings. The van der Waals surface area contributed by atoms with Gasteiger partial charge in [-0.15, -0.1) is 0 Å². The number of benzene rings is 2. The first-order chi connectivity index (χ1) is 10.9. The Morgan fingerprint density at radius 1 is 1.22 bits per heavy atom. The van der Waals surface area contributed by atoms with Gasteiger partial charge < -0.3 is 15.2 Å². The molecule has 2 aromatic carbocycles. The molecule has 23 heavy (non-hydrogen) atoms. The number of anilines is 1. The highest BCUT2D eigenvalue weighted by atomic mass is 16.5. The summed E-state index contributed by atoms with van der Waals surface area (Å²) in [5.74, 6) is 0.804. The number of hydrogen-bond donors (Lipinski definition) is 2. The van der Waals surface area contributed by atoms with Gasteiger partial charge in [-0.3, -0.25) is 0 Å². The van der Waals surface area contributed by atoms with Crippen LogP contribution in [0.25, 0.3) is 11.1 Å². The zero-order valence-corrected chi connectivity index (χ0v) is 14.3. The molecule has 122 valence electrons. The summed E-state index contributed by atoms with van der Waals surface area (Å²) in [7, 11) is 1.92. The SMILES string of the molecule is CCc1cc2c(cc1-c1ccc(NC)cc1)OC(C)(C)CC2O. The minimum Gasteiger partial charge on any atom is -0.487 e. The fourth-order valence-electron chi connectivity index (χ4n) is 3.29. The Labute approximate surface area is 138 Å².